The predicted octanol–water partition coefficient (Wildman–Crippen LogP) is 3.64. The van der Waals surface area contributed by atoms with Crippen LogP contribution in [0.15, 0.2) is 28.7 Å². The molecule has 1 aromatic carbocycles. The Morgan fingerprint density at radius 3 is 2.30 bits per heavy atom. The number of benzene rings is 1. The highest BCUT2D eigenvalue weighted by Crippen LogP contribution is 2.48. The third kappa shape index (κ3) is 3.34. The maximum Gasteiger partial charge on any atom is 0.226 e. The minimum atomic E-state index is 0.231. The molecule has 0 aromatic heterocycles. The summed E-state index contributed by atoms with van der Waals surface area (Å²) in [5.41, 5.74) is 1.32. The number of halogens is 1. The topological polar surface area (TPSA) is 23.6 Å². The first-order valence-electron chi connectivity index (χ1n) is 9.00. The van der Waals surface area contributed by atoms with Crippen LogP contribution < -0.4 is 0 Å². The van der Waals surface area contributed by atoms with Crippen LogP contribution in [0.25, 0.3) is 0 Å². The van der Waals surface area contributed by atoms with Gasteiger partial charge in [-0.05, 0) is 42.9 Å². The molecular formula is C19H25BrN2O. The average Bonchev–Trinajstić information content (AvgIpc) is 3.19. The van der Waals surface area contributed by atoms with Crippen LogP contribution in [0.3, 0.4) is 0 Å². The molecule has 0 radical (unpaired) electrons. The molecule has 3 nitrogen and oxygen atoms in total. The second-order valence-electron chi connectivity index (χ2n) is 7.30. The average molecular weight is 377 g/mol. The lowest BCUT2D eigenvalue weighted by atomic mass is 10.1. The summed E-state index contributed by atoms with van der Waals surface area (Å²) in [6.45, 7) is 4.01. The third-order valence-corrected chi connectivity index (χ3v) is 6.40. The summed E-state index contributed by atoms with van der Waals surface area (Å²) in [5, 5.41) is 0. The molecule has 3 fully saturated rings. The predicted molar refractivity (Wildman–Crippen MR) is 95.4 cm³/mol. The van der Waals surface area contributed by atoms with Crippen LogP contribution in [-0.4, -0.2) is 47.9 Å². The molecule has 124 valence electrons. The maximum absolute atomic E-state index is 12.7. The normalized spacial score (nSPS) is 29.0. The monoisotopic (exact) mass is 376 g/mol. The van der Waals surface area contributed by atoms with Crippen LogP contribution in [0, 0.1) is 5.92 Å². The summed E-state index contributed by atoms with van der Waals surface area (Å²) >= 11 is 3.48. The number of rotatable bonds is 3. The van der Waals surface area contributed by atoms with E-state index in [1.807, 2.05) is 0 Å². The number of nitrogens with zero attached hydrogens (tertiary/aromatic N) is 2. The summed E-state index contributed by atoms with van der Waals surface area (Å²) in [4.78, 5) is 17.5. The van der Waals surface area contributed by atoms with E-state index < -0.39 is 0 Å². The highest BCUT2D eigenvalue weighted by molar-refractivity contribution is 9.10. The second kappa shape index (κ2) is 6.56. The van der Waals surface area contributed by atoms with Crippen molar-refractivity contribution in [3.05, 3.63) is 34.3 Å². The van der Waals surface area contributed by atoms with Crippen LogP contribution in [0.5, 0.6) is 0 Å². The van der Waals surface area contributed by atoms with Gasteiger partial charge in [-0.25, -0.2) is 0 Å². The maximum atomic E-state index is 12.7. The van der Waals surface area contributed by atoms with Crippen LogP contribution in [0.4, 0.5) is 0 Å². The van der Waals surface area contributed by atoms with Gasteiger partial charge < -0.3 is 4.90 Å². The van der Waals surface area contributed by atoms with Gasteiger partial charge in [0.05, 0.1) is 0 Å². The van der Waals surface area contributed by atoms with Crippen LogP contribution >= 0.6 is 15.9 Å². The van der Waals surface area contributed by atoms with Gasteiger partial charge in [0.1, 0.15) is 0 Å². The molecule has 2 aliphatic carbocycles. The van der Waals surface area contributed by atoms with Crippen molar-refractivity contribution in [1.82, 2.24) is 9.80 Å². The minimum absolute atomic E-state index is 0.231. The highest BCUT2D eigenvalue weighted by atomic mass is 79.9. The number of piperazine rings is 1. The molecule has 1 heterocycles. The van der Waals surface area contributed by atoms with E-state index in [0.29, 0.717) is 11.8 Å². The molecule has 1 amide bonds. The van der Waals surface area contributed by atoms with E-state index in [0.717, 1.165) is 43.1 Å². The van der Waals surface area contributed by atoms with E-state index in [-0.39, 0.29) is 5.92 Å². The van der Waals surface area contributed by atoms with Gasteiger partial charge in [-0.15, -0.1) is 0 Å². The van der Waals surface area contributed by atoms with Crippen molar-refractivity contribution in [3.8, 4) is 0 Å². The Balaban J connectivity index is 1.30. The molecule has 2 atom stereocenters. The van der Waals surface area contributed by atoms with Crippen molar-refractivity contribution in [3.63, 3.8) is 0 Å². The quantitative estimate of drug-likeness (QED) is 0.803. The summed E-state index contributed by atoms with van der Waals surface area (Å²) < 4.78 is 1.10. The molecule has 23 heavy (non-hydrogen) atoms. The summed E-state index contributed by atoms with van der Waals surface area (Å²) in [7, 11) is 0. The summed E-state index contributed by atoms with van der Waals surface area (Å²) in [5.74, 6) is 1.07. The Labute approximate surface area is 147 Å². The number of hydrogen-bond acceptors (Lipinski definition) is 2. The van der Waals surface area contributed by atoms with E-state index in [1.165, 1.54) is 31.2 Å². The first kappa shape index (κ1) is 15.6. The zero-order valence-electron chi connectivity index (χ0n) is 13.6. The molecule has 4 heteroatoms. The Hall–Kier alpha value is -0.870. The molecule has 2 saturated carbocycles. The zero-order chi connectivity index (χ0) is 15.8. The van der Waals surface area contributed by atoms with Gasteiger partial charge in [0, 0.05) is 42.6 Å². The molecule has 4 rings (SSSR count). The van der Waals surface area contributed by atoms with Crippen molar-refractivity contribution in [2.75, 3.05) is 26.2 Å². The SMILES string of the molecule is O=C(C1CC1c1ccc(Br)cc1)N1CCN(C2CCCC2)CC1. The lowest BCUT2D eigenvalue weighted by molar-refractivity contribution is -0.134. The van der Waals surface area contributed by atoms with Gasteiger partial charge in [-0.2, -0.15) is 0 Å². The lowest BCUT2D eigenvalue weighted by Crippen LogP contribution is -2.51. The van der Waals surface area contributed by atoms with Crippen molar-refractivity contribution in [2.45, 2.75) is 44.1 Å². The van der Waals surface area contributed by atoms with Gasteiger partial charge in [0.2, 0.25) is 5.91 Å². The molecule has 0 bridgehead atoms. The Morgan fingerprint density at radius 1 is 1.00 bits per heavy atom. The number of hydrogen-bond donors (Lipinski definition) is 0. The fourth-order valence-electron chi connectivity index (χ4n) is 4.36. The van der Waals surface area contributed by atoms with Crippen molar-refractivity contribution in [2.24, 2.45) is 5.92 Å². The molecular weight excluding hydrogens is 352 g/mol. The van der Waals surface area contributed by atoms with Crippen LogP contribution in [0.1, 0.15) is 43.6 Å². The van der Waals surface area contributed by atoms with Gasteiger partial charge in [0.25, 0.3) is 0 Å². The Bertz CT molecular complexity index is 559. The van der Waals surface area contributed by atoms with Gasteiger partial charge in [-0.1, -0.05) is 40.9 Å². The van der Waals surface area contributed by atoms with Crippen LogP contribution in [-0.2, 0) is 4.79 Å². The van der Waals surface area contributed by atoms with Crippen molar-refractivity contribution in [1.29, 1.82) is 0 Å². The van der Waals surface area contributed by atoms with Crippen LogP contribution in [0.2, 0.25) is 0 Å². The third-order valence-electron chi connectivity index (χ3n) is 5.87. The van der Waals surface area contributed by atoms with E-state index in [9.17, 15) is 4.79 Å². The first-order valence-corrected chi connectivity index (χ1v) is 9.80. The standard InChI is InChI=1S/C19H25BrN2O/c20-15-7-5-14(6-8-15)17-13-18(17)19(23)22-11-9-21(10-12-22)16-3-1-2-4-16/h5-8,16-18H,1-4,9-13H2. The minimum Gasteiger partial charge on any atom is -0.340 e. The first-order chi connectivity index (χ1) is 11.2. The molecule has 3 aliphatic rings. The number of carbonyl (C=O) groups excluding carboxylic acids is 1. The van der Waals surface area contributed by atoms with E-state index in [1.54, 1.807) is 0 Å². The fourth-order valence-corrected chi connectivity index (χ4v) is 4.62. The van der Waals surface area contributed by atoms with E-state index >= 15 is 0 Å². The van der Waals surface area contributed by atoms with Crippen molar-refractivity contribution < 1.29 is 4.79 Å². The van der Waals surface area contributed by atoms with Crippen molar-refractivity contribution >= 4 is 21.8 Å². The molecule has 1 aliphatic heterocycles. The molecule has 2 unspecified atom stereocenters. The van der Waals surface area contributed by atoms with Gasteiger partial charge >= 0.3 is 0 Å². The number of amides is 1. The van der Waals surface area contributed by atoms with E-state index in [2.05, 4.69) is 50.0 Å². The lowest BCUT2D eigenvalue weighted by Gasteiger charge is -2.38. The summed E-state index contributed by atoms with van der Waals surface area (Å²) in [6, 6.07) is 9.26. The Morgan fingerprint density at radius 2 is 1.65 bits per heavy atom. The molecule has 0 spiro atoms. The largest absolute Gasteiger partial charge is 0.340 e. The smallest absolute Gasteiger partial charge is 0.226 e. The molecule has 1 saturated heterocycles. The Kier molecular flexibility index (Phi) is 4.46. The van der Waals surface area contributed by atoms with Gasteiger partial charge in [0.15, 0.2) is 0 Å². The fraction of sp³-hybridized carbons (Fsp3) is 0.632. The summed E-state index contributed by atoms with van der Waals surface area (Å²) in [6.07, 6.45) is 6.54. The highest BCUT2D eigenvalue weighted by Gasteiger charge is 2.46. The van der Waals surface area contributed by atoms with Gasteiger partial charge in [-0.3, -0.25) is 9.69 Å². The molecule has 0 N–H and O–H groups in total. The molecule has 1 aromatic rings. The second-order valence-corrected chi connectivity index (χ2v) is 8.22. The van der Waals surface area contributed by atoms with E-state index in [4.69, 9.17) is 0 Å². The number of carbonyl (C=O) groups is 1. The zero-order valence-corrected chi connectivity index (χ0v) is 15.2.